The van der Waals surface area contributed by atoms with E-state index in [1.807, 2.05) is 4.83 Å². The summed E-state index contributed by atoms with van der Waals surface area (Å²) in [6, 6.07) is 16.6. The molecule has 0 aromatic heterocycles. The van der Waals surface area contributed by atoms with Crippen LogP contribution in [0.15, 0.2) is 82.8 Å². The summed E-state index contributed by atoms with van der Waals surface area (Å²) in [6.07, 6.45) is 1.13. The lowest BCUT2D eigenvalue weighted by atomic mass is 10.2. The van der Waals surface area contributed by atoms with E-state index in [1.165, 1.54) is 54.6 Å². The molecule has 1 N–H and O–H groups in total. The van der Waals surface area contributed by atoms with E-state index < -0.39 is 20.8 Å². The Balaban J connectivity index is 1.78. The van der Waals surface area contributed by atoms with Crippen LogP contribution in [0.2, 0.25) is 0 Å². The van der Waals surface area contributed by atoms with Gasteiger partial charge in [0.1, 0.15) is 11.6 Å². The molecule has 29 heavy (non-hydrogen) atoms. The standard InChI is InChI=1S/C19H14FN3O5S/c20-15-7-9-16(10-8-15)28-19-11-6-14(12-18(19)23(24)25)13-21-22-29(26,27)17-4-2-1-3-5-17/h1-13,22H. The smallest absolute Gasteiger partial charge is 0.312 e. The topological polar surface area (TPSA) is 111 Å². The first-order valence-corrected chi connectivity index (χ1v) is 9.65. The summed E-state index contributed by atoms with van der Waals surface area (Å²) in [5.41, 5.74) is -0.0805. The van der Waals surface area contributed by atoms with Crippen molar-refractivity contribution >= 4 is 21.9 Å². The van der Waals surface area contributed by atoms with Crippen molar-refractivity contribution in [2.24, 2.45) is 5.10 Å². The van der Waals surface area contributed by atoms with Gasteiger partial charge in [-0.1, -0.05) is 18.2 Å². The Morgan fingerprint density at radius 1 is 1.03 bits per heavy atom. The van der Waals surface area contributed by atoms with Crippen LogP contribution >= 0.6 is 0 Å². The van der Waals surface area contributed by atoms with Gasteiger partial charge in [-0.25, -0.2) is 9.22 Å². The normalized spacial score (nSPS) is 11.3. The number of ether oxygens (including phenoxy) is 1. The van der Waals surface area contributed by atoms with Crippen LogP contribution in [0.4, 0.5) is 10.1 Å². The fourth-order valence-electron chi connectivity index (χ4n) is 2.30. The minimum Gasteiger partial charge on any atom is -0.450 e. The highest BCUT2D eigenvalue weighted by Gasteiger charge is 2.17. The summed E-state index contributed by atoms with van der Waals surface area (Å²) < 4.78 is 42.6. The molecule has 0 fully saturated rings. The van der Waals surface area contributed by atoms with Gasteiger partial charge in [0.2, 0.25) is 5.75 Å². The average Bonchev–Trinajstić information content (AvgIpc) is 2.71. The number of benzene rings is 3. The zero-order chi connectivity index (χ0) is 20.9. The molecule has 3 aromatic carbocycles. The molecule has 0 bridgehead atoms. The van der Waals surface area contributed by atoms with E-state index >= 15 is 0 Å². The second kappa shape index (κ2) is 8.48. The second-order valence-corrected chi connectivity index (χ2v) is 7.37. The number of hydrogen-bond donors (Lipinski definition) is 1. The van der Waals surface area contributed by atoms with Crippen LogP contribution in [0.25, 0.3) is 0 Å². The van der Waals surface area contributed by atoms with E-state index in [2.05, 4.69) is 5.10 Å². The molecule has 0 aliphatic carbocycles. The minimum atomic E-state index is -3.85. The molecule has 0 amide bonds. The van der Waals surface area contributed by atoms with Gasteiger partial charge >= 0.3 is 5.69 Å². The van der Waals surface area contributed by atoms with Gasteiger partial charge in [0.15, 0.2) is 0 Å². The molecule has 148 valence electrons. The van der Waals surface area contributed by atoms with Crippen molar-refractivity contribution in [3.63, 3.8) is 0 Å². The predicted octanol–water partition coefficient (Wildman–Crippen LogP) is 3.84. The molecular weight excluding hydrogens is 401 g/mol. The first kappa shape index (κ1) is 20.0. The molecule has 8 nitrogen and oxygen atoms in total. The highest BCUT2D eigenvalue weighted by atomic mass is 32.2. The second-order valence-electron chi connectivity index (χ2n) is 5.71. The Morgan fingerprint density at radius 3 is 2.38 bits per heavy atom. The van der Waals surface area contributed by atoms with E-state index in [0.717, 1.165) is 6.21 Å². The van der Waals surface area contributed by atoms with Crippen molar-refractivity contribution in [3.05, 3.63) is 94.3 Å². The van der Waals surface area contributed by atoms with Gasteiger partial charge in [-0.3, -0.25) is 10.1 Å². The van der Waals surface area contributed by atoms with Crippen molar-refractivity contribution < 1.29 is 22.5 Å². The van der Waals surface area contributed by atoms with E-state index in [1.54, 1.807) is 18.2 Å². The third kappa shape index (κ3) is 5.14. The number of hydrazone groups is 1. The molecule has 0 spiro atoms. The Kier molecular flexibility index (Phi) is 5.84. The van der Waals surface area contributed by atoms with Gasteiger partial charge in [-0.05, 0) is 48.5 Å². The fraction of sp³-hybridized carbons (Fsp3) is 0. The van der Waals surface area contributed by atoms with Gasteiger partial charge in [-0.15, -0.1) is 0 Å². The van der Waals surface area contributed by atoms with E-state index in [9.17, 15) is 22.9 Å². The van der Waals surface area contributed by atoms with Crippen LogP contribution in [0, 0.1) is 15.9 Å². The zero-order valence-corrected chi connectivity index (χ0v) is 15.5. The molecule has 0 saturated heterocycles. The van der Waals surface area contributed by atoms with Crippen LogP contribution in [-0.4, -0.2) is 19.6 Å². The van der Waals surface area contributed by atoms with Crippen molar-refractivity contribution in [2.75, 3.05) is 0 Å². The molecule has 10 heteroatoms. The number of hydrogen-bond acceptors (Lipinski definition) is 6. The van der Waals surface area contributed by atoms with Crippen LogP contribution in [0.5, 0.6) is 11.5 Å². The summed E-state index contributed by atoms with van der Waals surface area (Å²) in [7, 11) is -3.85. The Bertz CT molecular complexity index is 1150. The van der Waals surface area contributed by atoms with Crippen LogP contribution < -0.4 is 9.57 Å². The molecule has 0 unspecified atom stereocenters. The third-order valence-electron chi connectivity index (χ3n) is 3.66. The van der Waals surface area contributed by atoms with Crippen LogP contribution in [0.3, 0.4) is 0 Å². The molecule has 0 heterocycles. The third-order valence-corrected chi connectivity index (χ3v) is 4.90. The van der Waals surface area contributed by atoms with Crippen LogP contribution in [0.1, 0.15) is 5.56 Å². The SMILES string of the molecule is O=[N+]([O-])c1cc(C=NNS(=O)(=O)c2ccccc2)ccc1Oc1ccc(F)cc1. The van der Waals surface area contributed by atoms with E-state index in [0.29, 0.717) is 0 Å². The van der Waals surface area contributed by atoms with Crippen molar-refractivity contribution in [1.29, 1.82) is 0 Å². The summed E-state index contributed by atoms with van der Waals surface area (Å²) >= 11 is 0. The number of nitrogens with zero attached hydrogens (tertiary/aromatic N) is 2. The number of sulfonamides is 1. The highest BCUT2D eigenvalue weighted by Crippen LogP contribution is 2.31. The first-order chi connectivity index (χ1) is 13.8. The predicted molar refractivity (Wildman–Crippen MR) is 104 cm³/mol. The lowest BCUT2D eigenvalue weighted by Gasteiger charge is -2.07. The maximum Gasteiger partial charge on any atom is 0.312 e. The number of halogens is 1. The first-order valence-electron chi connectivity index (χ1n) is 8.17. The van der Waals surface area contributed by atoms with E-state index in [-0.39, 0.29) is 27.6 Å². The lowest BCUT2D eigenvalue weighted by molar-refractivity contribution is -0.385. The van der Waals surface area contributed by atoms with Crippen molar-refractivity contribution in [1.82, 2.24) is 4.83 Å². The molecular formula is C19H14FN3O5S. The van der Waals surface area contributed by atoms with Crippen molar-refractivity contribution in [3.8, 4) is 11.5 Å². The number of nitro groups is 1. The molecule has 3 rings (SSSR count). The summed E-state index contributed by atoms with van der Waals surface area (Å²) in [5, 5.41) is 15.0. The Hall–Kier alpha value is -3.79. The molecule has 0 aliphatic rings. The Labute approximate surface area is 165 Å². The highest BCUT2D eigenvalue weighted by molar-refractivity contribution is 7.89. The quantitative estimate of drug-likeness (QED) is 0.358. The summed E-state index contributed by atoms with van der Waals surface area (Å²) in [4.78, 5) is 12.8. The number of nitrogens with one attached hydrogen (secondary N) is 1. The van der Waals surface area contributed by atoms with Crippen LogP contribution in [-0.2, 0) is 10.0 Å². The number of rotatable bonds is 7. The number of nitro benzene ring substituents is 1. The molecule has 0 radical (unpaired) electrons. The maximum atomic E-state index is 13.0. The molecule has 0 saturated carbocycles. The molecule has 0 atom stereocenters. The zero-order valence-electron chi connectivity index (χ0n) is 14.7. The summed E-state index contributed by atoms with van der Waals surface area (Å²) in [5.74, 6) is -0.286. The Morgan fingerprint density at radius 2 is 1.72 bits per heavy atom. The lowest BCUT2D eigenvalue weighted by Crippen LogP contribution is -2.18. The van der Waals surface area contributed by atoms with Crippen molar-refractivity contribution in [2.45, 2.75) is 4.90 Å². The molecule has 0 aliphatic heterocycles. The van der Waals surface area contributed by atoms with Gasteiger partial charge in [0.05, 0.1) is 16.0 Å². The summed E-state index contributed by atoms with van der Waals surface area (Å²) in [6.45, 7) is 0. The van der Waals surface area contributed by atoms with Gasteiger partial charge < -0.3 is 4.74 Å². The monoisotopic (exact) mass is 415 g/mol. The van der Waals surface area contributed by atoms with E-state index in [4.69, 9.17) is 4.74 Å². The average molecular weight is 415 g/mol. The fourth-order valence-corrected chi connectivity index (χ4v) is 3.11. The largest absolute Gasteiger partial charge is 0.450 e. The van der Waals surface area contributed by atoms with Gasteiger partial charge in [0.25, 0.3) is 10.0 Å². The van der Waals surface area contributed by atoms with Gasteiger partial charge in [0, 0.05) is 11.6 Å². The molecule has 3 aromatic rings. The maximum absolute atomic E-state index is 13.0. The van der Waals surface area contributed by atoms with Gasteiger partial charge in [-0.2, -0.15) is 13.5 Å². The minimum absolute atomic E-state index is 0.0335.